The summed E-state index contributed by atoms with van der Waals surface area (Å²) in [6.07, 6.45) is 0. The molecule has 5 heteroatoms. The lowest BCUT2D eigenvalue weighted by Crippen LogP contribution is -2.18. The first-order chi connectivity index (χ1) is 8.70. The van der Waals surface area contributed by atoms with Gasteiger partial charge in [-0.15, -0.1) is 22.9 Å². The lowest BCUT2D eigenvalue weighted by Gasteiger charge is -2.10. The number of halogens is 1. The number of alkyl halides is 1. The first-order valence-electron chi connectivity index (χ1n) is 5.57. The van der Waals surface area contributed by atoms with E-state index in [0.29, 0.717) is 11.0 Å². The van der Waals surface area contributed by atoms with Crippen LogP contribution in [-0.4, -0.2) is 10.9 Å². The Morgan fingerprint density at radius 1 is 1.44 bits per heavy atom. The van der Waals surface area contributed by atoms with Crippen molar-refractivity contribution in [1.82, 2.24) is 4.98 Å². The van der Waals surface area contributed by atoms with Gasteiger partial charge in [0.25, 0.3) is 0 Å². The average Bonchev–Trinajstić information content (AvgIpc) is 2.86. The molecule has 1 N–H and O–H groups in total. The first-order valence-corrected chi connectivity index (χ1v) is 6.98. The van der Waals surface area contributed by atoms with Crippen LogP contribution in [-0.2, 0) is 10.7 Å². The Balaban J connectivity index is 2.04. The van der Waals surface area contributed by atoms with Crippen LogP contribution in [0.5, 0.6) is 0 Å². The fraction of sp³-hybridized carbons (Fsp3) is 0.231. The van der Waals surface area contributed by atoms with Crippen molar-refractivity contribution in [2.75, 3.05) is 5.32 Å². The zero-order valence-corrected chi connectivity index (χ0v) is 11.5. The summed E-state index contributed by atoms with van der Waals surface area (Å²) in [5.74, 6) is 0.104. The Hall–Kier alpha value is -1.39. The number of nitrogens with zero attached hydrogens (tertiary/aromatic N) is 1. The molecule has 0 aliphatic rings. The predicted octanol–water partition coefficient (Wildman–Crippen LogP) is 3.62. The van der Waals surface area contributed by atoms with Crippen molar-refractivity contribution < 1.29 is 4.79 Å². The van der Waals surface area contributed by atoms with Crippen molar-refractivity contribution in [1.29, 1.82) is 0 Å². The molecule has 1 aromatic carbocycles. The Kier molecular flexibility index (Phi) is 4.33. The minimum Gasteiger partial charge on any atom is -0.301 e. The molecule has 0 aliphatic carbocycles. The Labute approximate surface area is 115 Å². The number of aromatic nitrogens is 1. The van der Waals surface area contributed by atoms with Crippen LogP contribution in [0.1, 0.15) is 24.1 Å². The molecule has 1 unspecified atom stereocenters. The number of thiazole rings is 1. The normalized spacial score (nSPS) is 12.1. The molecule has 2 rings (SSSR count). The van der Waals surface area contributed by atoms with Gasteiger partial charge in [-0.1, -0.05) is 30.3 Å². The summed E-state index contributed by atoms with van der Waals surface area (Å²) in [6, 6.07) is 9.66. The molecule has 1 atom stereocenters. The molecule has 3 nitrogen and oxygen atoms in total. The topological polar surface area (TPSA) is 42.0 Å². The van der Waals surface area contributed by atoms with Gasteiger partial charge in [-0.3, -0.25) is 4.79 Å². The number of hydrogen-bond acceptors (Lipinski definition) is 3. The van der Waals surface area contributed by atoms with Crippen LogP contribution in [0.2, 0.25) is 0 Å². The van der Waals surface area contributed by atoms with Crippen molar-refractivity contribution >= 4 is 34.0 Å². The van der Waals surface area contributed by atoms with Crippen LogP contribution in [0.3, 0.4) is 0 Å². The number of rotatable bonds is 4. The average molecular weight is 281 g/mol. The molecule has 0 saturated carbocycles. The van der Waals surface area contributed by atoms with Gasteiger partial charge >= 0.3 is 0 Å². The number of nitrogens with one attached hydrogen (secondary N) is 1. The van der Waals surface area contributed by atoms with E-state index in [1.165, 1.54) is 11.3 Å². The minimum absolute atomic E-state index is 0.0586. The van der Waals surface area contributed by atoms with Gasteiger partial charge in [0.05, 0.1) is 17.5 Å². The highest BCUT2D eigenvalue weighted by molar-refractivity contribution is 7.14. The number of carbonyl (C=O) groups is 1. The van der Waals surface area contributed by atoms with Crippen molar-refractivity contribution in [2.24, 2.45) is 0 Å². The molecule has 0 bridgehead atoms. The van der Waals surface area contributed by atoms with Gasteiger partial charge in [0.15, 0.2) is 5.13 Å². The summed E-state index contributed by atoms with van der Waals surface area (Å²) >= 11 is 7.05. The van der Waals surface area contributed by atoms with E-state index in [1.54, 1.807) is 0 Å². The van der Waals surface area contributed by atoms with Crippen LogP contribution in [0.15, 0.2) is 35.7 Å². The summed E-state index contributed by atoms with van der Waals surface area (Å²) in [4.78, 5) is 16.2. The maximum atomic E-state index is 12.0. The van der Waals surface area contributed by atoms with E-state index in [1.807, 2.05) is 42.6 Å². The Morgan fingerprint density at radius 3 is 2.78 bits per heavy atom. The maximum Gasteiger partial charge on any atom is 0.233 e. The monoisotopic (exact) mass is 280 g/mol. The van der Waals surface area contributed by atoms with E-state index in [2.05, 4.69) is 10.3 Å². The van der Waals surface area contributed by atoms with Gasteiger partial charge in [-0.05, 0) is 12.5 Å². The van der Waals surface area contributed by atoms with Crippen LogP contribution < -0.4 is 5.32 Å². The summed E-state index contributed by atoms with van der Waals surface area (Å²) < 4.78 is 0. The lowest BCUT2D eigenvalue weighted by atomic mass is 10.0. The van der Waals surface area contributed by atoms with Gasteiger partial charge < -0.3 is 5.32 Å². The highest BCUT2D eigenvalue weighted by atomic mass is 35.5. The molecule has 18 heavy (non-hydrogen) atoms. The Morgan fingerprint density at radius 2 is 2.17 bits per heavy atom. The van der Waals surface area contributed by atoms with Gasteiger partial charge in [0.2, 0.25) is 5.91 Å². The summed E-state index contributed by atoms with van der Waals surface area (Å²) in [5.41, 5.74) is 1.77. The van der Waals surface area contributed by atoms with Crippen LogP contribution in [0.4, 0.5) is 5.13 Å². The first kappa shape index (κ1) is 13.1. The fourth-order valence-corrected chi connectivity index (χ4v) is 2.47. The van der Waals surface area contributed by atoms with Crippen LogP contribution >= 0.6 is 22.9 Å². The predicted molar refractivity (Wildman–Crippen MR) is 75.2 cm³/mol. The number of benzene rings is 1. The zero-order valence-electron chi connectivity index (χ0n) is 9.89. The molecule has 0 spiro atoms. The molecule has 1 heterocycles. The highest BCUT2D eigenvalue weighted by Gasteiger charge is 2.16. The van der Waals surface area contributed by atoms with Gasteiger partial charge in [-0.2, -0.15) is 0 Å². The van der Waals surface area contributed by atoms with Gasteiger partial charge in [0, 0.05) is 5.38 Å². The molecule has 2 aromatic rings. The number of amides is 1. The molecule has 0 fully saturated rings. The van der Waals surface area contributed by atoms with Crippen molar-refractivity contribution in [3.8, 4) is 0 Å². The van der Waals surface area contributed by atoms with Crippen molar-refractivity contribution in [2.45, 2.75) is 18.7 Å². The molecule has 0 aliphatic heterocycles. The second-order valence-electron chi connectivity index (χ2n) is 3.90. The van der Waals surface area contributed by atoms with E-state index in [9.17, 15) is 4.79 Å². The lowest BCUT2D eigenvalue weighted by molar-refractivity contribution is -0.117. The third-order valence-corrected chi connectivity index (χ3v) is 3.69. The molecule has 0 radical (unpaired) electrons. The molecule has 94 valence electrons. The second-order valence-corrected chi connectivity index (χ2v) is 5.02. The smallest absolute Gasteiger partial charge is 0.233 e. The van der Waals surface area contributed by atoms with E-state index < -0.39 is 0 Å². The quantitative estimate of drug-likeness (QED) is 0.869. The third-order valence-electron chi connectivity index (χ3n) is 2.61. The molecular formula is C13H13ClN2OS. The molecule has 1 aromatic heterocycles. The number of carbonyl (C=O) groups excluding carboxylic acids is 1. The van der Waals surface area contributed by atoms with Crippen LogP contribution in [0, 0.1) is 0 Å². The SMILES string of the molecule is CC(C(=O)Nc1nc(CCl)cs1)c1ccccc1. The van der Waals surface area contributed by atoms with E-state index in [-0.39, 0.29) is 11.8 Å². The van der Waals surface area contributed by atoms with Crippen LogP contribution in [0.25, 0.3) is 0 Å². The van der Waals surface area contributed by atoms with Crippen molar-refractivity contribution in [3.05, 3.63) is 47.0 Å². The summed E-state index contributed by atoms with van der Waals surface area (Å²) in [5, 5.41) is 5.24. The molecule has 1 amide bonds. The summed E-state index contributed by atoms with van der Waals surface area (Å²) in [7, 11) is 0. The fourth-order valence-electron chi connectivity index (χ4n) is 1.53. The summed E-state index contributed by atoms with van der Waals surface area (Å²) in [6.45, 7) is 1.88. The highest BCUT2D eigenvalue weighted by Crippen LogP contribution is 2.20. The maximum absolute atomic E-state index is 12.0. The van der Waals surface area contributed by atoms with Gasteiger partial charge in [-0.25, -0.2) is 4.98 Å². The molecule has 0 saturated heterocycles. The number of anilines is 1. The van der Waals surface area contributed by atoms with Crippen molar-refractivity contribution in [3.63, 3.8) is 0 Å². The second kappa shape index (κ2) is 5.98. The van der Waals surface area contributed by atoms with E-state index in [4.69, 9.17) is 11.6 Å². The largest absolute Gasteiger partial charge is 0.301 e. The zero-order chi connectivity index (χ0) is 13.0. The van der Waals surface area contributed by atoms with E-state index in [0.717, 1.165) is 11.3 Å². The van der Waals surface area contributed by atoms with Gasteiger partial charge in [0.1, 0.15) is 0 Å². The van der Waals surface area contributed by atoms with E-state index >= 15 is 0 Å². The third kappa shape index (κ3) is 3.09. The number of hydrogen-bond donors (Lipinski definition) is 1. The standard InChI is InChI=1S/C13H13ClN2OS/c1-9(10-5-3-2-4-6-10)12(17)16-13-15-11(7-14)8-18-13/h2-6,8-9H,7H2,1H3,(H,15,16,17). The molecular weight excluding hydrogens is 268 g/mol. The Bertz CT molecular complexity index is 527. The minimum atomic E-state index is -0.199.